The van der Waals surface area contributed by atoms with Crippen LogP contribution in [0.5, 0.6) is 0 Å². The first-order valence-corrected chi connectivity index (χ1v) is 9.93. The lowest BCUT2D eigenvalue weighted by Gasteiger charge is -2.02. The second-order valence-electron chi connectivity index (χ2n) is 6.88. The maximum absolute atomic E-state index is 12.5. The predicted molar refractivity (Wildman–Crippen MR) is 111 cm³/mol. The van der Waals surface area contributed by atoms with Crippen LogP contribution in [0.2, 0.25) is 0 Å². The molecule has 2 aromatic carbocycles. The quantitative estimate of drug-likeness (QED) is 0.531. The molecule has 0 spiro atoms. The van der Waals surface area contributed by atoms with E-state index in [1.807, 2.05) is 41.8 Å². The number of nitrogens with zero attached hydrogens (tertiary/aromatic N) is 1. The van der Waals surface area contributed by atoms with Gasteiger partial charge in [-0.15, -0.1) is 11.3 Å². The van der Waals surface area contributed by atoms with E-state index >= 15 is 0 Å². The Morgan fingerprint density at radius 3 is 1.86 bits per heavy atom. The number of hydrogen-bond acceptors (Lipinski definition) is 5. The van der Waals surface area contributed by atoms with Crippen molar-refractivity contribution in [2.45, 2.75) is 33.1 Å². The van der Waals surface area contributed by atoms with Crippen LogP contribution in [0.15, 0.2) is 53.9 Å². The summed E-state index contributed by atoms with van der Waals surface area (Å²) in [4.78, 5) is 39.5. The third kappa shape index (κ3) is 5.30. The molecule has 1 aromatic heterocycles. The maximum atomic E-state index is 12.5. The number of thiazole rings is 1. The van der Waals surface area contributed by atoms with Crippen molar-refractivity contribution in [3.05, 3.63) is 75.6 Å². The third-order valence-corrected chi connectivity index (χ3v) is 5.14. The van der Waals surface area contributed by atoms with Gasteiger partial charge in [0, 0.05) is 29.3 Å². The molecule has 5 heteroatoms. The highest BCUT2D eigenvalue weighted by atomic mass is 32.1. The molecule has 28 heavy (non-hydrogen) atoms. The van der Waals surface area contributed by atoms with Crippen molar-refractivity contribution < 1.29 is 14.4 Å². The summed E-state index contributed by atoms with van der Waals surface area (Å²) in [5, 5.41) is 2.71. The van der Waals surface area contributed by atoms with Gasteiger partial charge in [-0.25, -0.2) is 4.98 Å². The van der Waals surface area contributed by atoms with E-state index in [1.165, 1.54) is 11.3 Å². The molecule has 0 radical (unpaired) electrons. The highest BCUT2D eigenvalue weighted by Gasteiger charge is 2.12. The molecule has 0 aliphatic heterocycles. The zero-order chi connectivity index (χ0) is 20.1. The van der Waals surface area contributed by atoms with Gasteiger partial charge in [0.1, 0.15) is 16.6 Å². The lowest BCUT2D eigenvalue weighted by Crippen LogP contribution is -2.04. The molecule has 0 saturated heterocycles. The van der Waals surface area contributed by atoms with Crippen molar-refractivity contribution >= 4 is 28.7 Å². The number of benzene rings is 2. The average molecular weight is 391 g/mol. The summed E-state index contributed by atoms with van der Waals surface area (Å²) in [6.07, 6.45) is 1.07. The molecule has 0 bridgehead atoms. The van der Waals surface area contributed by atoms with E-state index in [0.29, 0.717) is 18.4 Å². The number of rotatable bonds is 8. The van der Waals surface area contributed by atoms with Gasteiger partial charge in [-0.2, -0.15) is 0 Å². The first-order chi connectivity index (χ1) is 13.4. The molecule has 3 rings (SSSR count). The Bertz CT molecular complexity index is 1000. The monoisotopic (exact) mass is 391 g/mol. The Morgan fingerprint density at radius 2 is 1.32 bits per heavy atom. The van der Waals surface area contributed by atoms with Crippen LogP contribution >= 0.6 is 11.3 Å². The highest BCUT2D eigenvalue weighted by molar-refractivity contribution is 7.10. The minimum atomic E-state index is 0.00656. The van der Waals surface area contributed by atoms with E-state index in [0.717, 1.165) is 27.4 Å². The van der Waals surface area contributed by atoms with Gasteiger partial charge in [-0.1, -0.05) is 48.5 Å². The number of aromatic nitrogens is 1. The summed E-state index contributed by atoms with van der Waals surface area (Å²) < 4.78 is 0. The summed E-state index contributed by atoms with van der Waals surface area (Å²) in [6.45, 7) is 3.13. The van der Waals surface area contributed by atoms with Crippen LogP contribution < -0.4 is 0 Å². The largest absolute Gasteiger partial charge is 0.300 e. The van der Waals surface area contributed by atoms with E-state index in [1.54, 1.807) is 26.0 Å². The molecule has 0 saturated carbocycles. The van der Waals surface area contributed by atoms with E-state index in [-0.39, 0.29) is 23.8 Å². The predicted octanol–water partition coefficient (Wildman–Crippen LogP) is 4.50. The molecule has 0 N–H and O–H groups in total. The number of carbonyl (C=O) groups excluding carboxylic acids is 3. The van der Waals surface area contributed by atoms with Gasteiger partial charge in [0.25, 0.3) is 0 Å². The third-order valence-electron chi connectivity index (χ3n) is 4.30. The highest BCUT2D eigenvalue weighted by Crippen LogP contribution is 2.23. The molecular formula is C23H21NO3S. The van der Waals surface area contributed by atoms with Gasteiger partial charge in [-0.3, -0.25) is 14.4 Å². The average Bonchev–Trinajstić information content (AvgIpc) is 3.10. The van der Waals surface area contributed by atoms with Crippen molar-refractivity contribution in [3.8, 4) is 11.3 Å². The van der Waals surface area contributed by atoms with Crippen LogP contribution in [0.4, 0.5) is 0 Å². The minimum absolute atomic E-state index is 0.00656. The van der Waals surface area contributed by atoms with Gasteiger partial charge >= 0.3 is 0 Å². The number of carbonyl (C=O) groups is 3. The minimum Gasteiger partial charge on any atom is -0.300 e. The Labute approximate surface area is 168 Å². The van der Waals surface area contributed by atoms with Crippen LogP contribution in [-0.2, 0) is 28.9 Å². The molecule has 0 atom stereocenters. The fraction of sp³-hybridized carbons (Fsp3) is 0.217. The summed E-state index contributed by atoms with van der Waals surface area (Å²) in [6, 6.07) is 15.0. The molecule has 4 nitrogen and oxygen atoms in total. The Balaban J connectivity index is 1.66. The van der Waals surface area contributed by atoms with Crippen molar-refractivity contribution in [2.75, 3.05) is 0 Å². The van der Waals surface area contributed by atoms with Gasteiger partial charge in [-0.05, 0) is 25.0 Å². The fourth-order valence-corrected chi connectivity index (χ4v) is 3.74. The Hall–Kier alpha value is -2.92. The lowest BCUT2D eigenvalue weighted by molar-refractivity contribution is -0.117. The Kier molecular flexibility index (Phi) is 6.26. The normalized spacial score (nSPS) is 10.6. The standard InChI is InChI=1S/C23H21NO3S/c1-15(25)11-17-3-7-19(8-4-17)21-14-28-23(24-21)13-22(27)20-9-5-18(6-10-20)12-16(2)26/h3-10,14H,11-13H2,1-2H3. The molecule has 0 aliphatic carbocycles. The molecule has 1 heterocycles. The zero-order valence-electron chi connectivity index (χ0n) is 15.9. The van der Waals surface area contributed by atoms with Crippen LogP contribution in [-0.4, -0.2) is 22.3 Å². The summed E-state index contributed by atoms with van der Waals surface area (Å²) >= 11 is 1.46. The molecule has 0 fully saturated rings. The van der Waals surface area contributed by atoms with Crippen molar-refractivity contribution in [3.63, 3.8) is 0 Å². The van der Waals surface area contributed by atoms with E-state index in [4.69, 9.17) is 0 Å². The maximum Gasteiger partial charge on any atom is 0.169 e. The first kappa shape index (κ1) is 19.8. The van der Waals surface area contributed by atoms with Crippen molar-refractivity contribution in [1.29, 1.82) is 0 Å². The van der Waals surface area contributed by atoms with Gasteiger partial charge in [0.15, 0.2) is 5.78 Å². The van der Waals surface area contributed by atoms with E-state index < -0.39 is 0 Å². The van der Waals surface area contributed by atoms with Crippen LogP contribution in [0.25, 0.3) is 11.3 Å². The van der Waals surface area contributed by atoms with Crippen LogP contribution in [0, 0.1) is 0 Å². The number of ketones is 3. The van der Waals surface area contributed by atoms with Crippen molar-refractivity contribution in [1.82, 2.24) is 4.98 Å². The number of Topliss-reactive ketones (excluding diaryl/α,β-unsaturated/α-hetero) is 3. The molecule has 142 valence electrons. The topological polar surface area (TPSA) is 64.1 Å². The van der Waals surface area contributed by atoms with Gasteiger partial charge < -0.3 is 0 Å². The number of hydrogen-bond donors (Lipinski definition) is 0. The second-order valence-corrected chi connectivity index (χ2v) is 7.82. The summed E-state index contributed by atoms with van der Waals surface area (Å²) in [5.74, 6) is 0.243. The van der Waals surface area contributed by atoms with Crippen molar-refractivity contribution in [2.24, 2.45) is 0 Å². The van der Waals surface area contributed by atoms with Gasteiger partial charge in [0.2, 0.25) is 0 Å². The summed E-state index contributed by atoms with van der Waals surface area (Å²) in [7, 11) is 0. The van der Waals surface area contributed by atoms with Crippen LogP contribution in [0.3, 0.4) is 0 Å². The Morgan fingerprint density at radius 1 is 0.786 bits per heavy atom. The van der Waals surface area contributed by atoms with E-state index in [9.17, 15) is 14.4 Å². The molecule has 0 aliphatic rings. The molecule has 0 unspecified atom stereocenters. The molecular weight excluding hydrogens is 370 g/mol. The van der Waals surface area contributed by atoms with Gasteiger partial charge in [0.05, 0.1) is 12.1 Å². The van der Waals surface area contributed by atoms with Crippen LogP contribution in [0.1, 0.15) is 40.3 Å². The second kappa shape index (κ2) is 8.85. The first-order valence-electron chi connectivity index (χ1n) is 9.05. The van der Waals surface area contributed by atoms with E-state index in [2.05, 4.69) is 4.98 Å². The molecule has 3 aromatic rings. The smallest absolute Gasteiger partial charge is 0.169 e. The summed E-state index contributed by atoms with van der Waals surface area (Å²) in [5.41, 5.74) is 4.32. The fourth-order valence-electron chi connectivity index (χ4n) is 2.94. The SMILES string of the molecule is CC(=O)Cc1ccc(C(=O)Cc2nc(-c3ccc(CC(C)=O)cc3)cs2)cc1. The zero-order valence-corrected chi connectivity index (χ0v) is 16.7. The molecule has 0 amide bonds. The lowest BCUT2D eigenvalue weighted by atomic mass is 10.0.